The summed E-state index contributed by atoms with van der Waals surface area (Å²) in [6, 6.07) is -0.0453. The topological polar surface area (TPSA) is 23.6 Å². The molecule has 1 aliphatic heterocycles. The molecule has 0 aromatic heterocycles. The van der Waals surface area contributed by atoms with E-state index >= 15 is 0 Å². The van der Waals surface area contributed by atoms with E-state index in [9.17, 15) is 4.79 Å². The molecule has 0 aromatic carbocycles. The van der Waals surface area contributed by atoms with Gasteiger partial charge in [-0.2, -0.15) is 0 Å². The van der Waals surface area contributed by atoms with Crippen LogP contribution in [-0.2, 0) is 4.79 Å². The van der Waals surface area contributed by atoms with Crippen LogP contribution >= 0.6 is 0 Å². The Bertz CT molecular complexity index is 343. The fraction of sp³-hybridized carbons (Fsp3) is 0.824. The fourth-order valence-corrected chi connectivity index (χ4v) is 3.08. The molecule has 0 unspecified atom stereocenters. The van der Waals surface area contributed by atoms with Crippen molar-refractivity contribution in [1.82, 2.24) is 9.80 Å². The second-order valence-corrected chi connectivity index (χ2v) is 7.05. The molecule has 0 saturated carbocycles. The maximum absolute atomic E-state index is 12.2. The van der Waals surface area contributed by atoms with Gasteiger partial charge in [-0.15, -0.1) is 0 Å². The molecule has 0 spiro atoms. The van der Waals surface area contributed by atoms with Gasteiger partial charge in [-0.3, -0.25) is 4.79 Å². The predicted octanol–water partition coefficient (Wildman–Crippen LogP) is 4.01. The van der Waals surface area contributed by atoms with Crippen molar-refractivity contribution in [2.45, 2.75) is 78.9 Å². The van der Waals surface area contributed by atoms with E-state index in [1.165, 1.54) is 25.7 Å². The van der Waals surface area contributed by atoms with Crippen molar-refractivity contribution in [3.05, 3.63) is 12.3 Å². The van der Waals surface area contributed by atoms with Crippen molar-refractivity contribution < 1.29 is 4.79 Å². The van der Waals surface area contributed by atoms with E-state index < -0.39 is 0 Å². The Hall–Kier alpha value is -0.990. The lowest BCUT2D eigenvalue weighted by Crippen LogP contribution is -2.45. The van der Waals surface area contributed by atoms with Crippen molar-refractivity contribution in [3.63, 3.8) is 0 Å². The zero-order chi connectivity index (χ0) is 15.3. The molecule has 1 amide bonds. The van der Waals surface area contributed by atoms with E-state index in [-0.39, 0.29) is 23.5 Å². The first kappa shape index (κ1) is 17.1. The molecule has 0 bridgehead atoms. The highest BCUT2D eigenvalue weighted by Crippen LogP contribution is 2.33. The molecular formula is C17H32N2O. The van der Waals surface area contributed by atoms with Gasteiger partial charge >= 0.3 is 0 Å². The van der Waals surface area contributed by atoms with Gasteiger partial charge in [-0.25, -0.2) is 0 Å². The van der Waals surface area contributed by atoms with E-state index in [0.29, 0.717) is 0 Å². The lowest BCUT2D eigenvalue weighted by Gasteiger charge is -2.38. The molecule has 1 fully saturated rings. The monoisotopic (exact) mass is 280 g/mol. The van der Waals surface area contributed by atoms with Crippen LogP contribution in [0.2, 0.25) is 0 Å². The van der Waals surface area contributed by atoms with E-state index in [1.54, 1.807) is 0 Å². The maximum atomic E-state index is 12.2. The van der Waals surface area contributed by atoms with Crippen LogP contribution in [0.4, 0.5) is 0 Å². The van der Waals surface area contributed by atoms with Crippen LogP contribution in [0.25, 0.3) is 0 Å². The molecule has 3 nitrogen and oxygen atoms in total. The Balaban J connectivity index is 2.65. The number of allylic oxidation sites excluding steroid dienone is 1. The summed E-state index contributed by atoms with van der Waals surface area (Å²) in [5.41, 5.74) is 0.0573. The molecule has 3 heteroatoms. The van der Waals surface area contributed by atoms with E-state index in [0.717, 1.165) is 6.42 Å². The molecule has 0 aliphatic carbocycles. The third-order valence-electron chi connectivity index (χ3n) is 4.08. The first-order valence-electron chi connectivity index (χ1n) is 8.01. The molecule has 20 heavy (non-hydrogen) atoms. The van der Waals surface area contributed by atoms with Gasteiger partial charge < -0.3 is 9.80 Å². The standard InChI is InChI=1S/C17H32N2O/c1-7-8-9-10-11-12-13-19-14(2)15(20)18(6)16(19)17(3,4)5/h12-14,16H,7-11H2,1-6H3/b13-12+/t14-,16-/m0/s1. The van der Waals surface area contributed by atoms with Gasteiger partial charge in [0.1, 0.15) is 12.2 Å². The summed E-state index contributed by atoms with van der Waals surface area (Å²) in [5, 5.41) is 0. The lowest BCUT2D eigenvalue weighted by molar-refractivity contribution is -0.129. The summed E-state index contributed by atoms with van der Waals surface area (Å²) in [5.74, 6) is 0.223. The van der Waals surface area contributed by atoms with E-state index in [1.807, 2.05) is 18.9 Å². The number of rotatable bonds is 6. The smallest absolute Gasteiger partial charge is 0.246 e. The van der Waals surface area contributed by atoms with Crippen LogP contribution in [0.1, 0.15) is 66.7 Å². The normalized spacial score (nSPS) is 24.2. The van der Waals surface area contributed by atoms with Crippen molar-refractivity contribution in [2.24, 2.45) is 5.41 Å². The van der Waals surface area contributed by atoms with Crippen molar-refractivity contribution in [1.29, 1.82) is 0 Å². The fourth-order valence-electron chi connectivity index (χ4n) is 3.08. The molecule has 0 radical (unpaired) electrons. The maximum Gasteiger partial charge on any atom is 0.246 e. The zero-order valence-corrected chi connectivity index (χ0v) is 14.1. The van der Waals surface area contributed by atoms with Crippen molar-refractivity contribution >= 4 is 5.91 Å². The lowest BCUT2D eigenvalue weighted by atomic mass is 9.91. The SMILES string of the molecule is CCCCCC/C=C/N1[C@@H](C)C(=O)N(C)[C@@H]1C(C)(C)C. The molecule has 1 heterocycles. The zero-order valence-electron chi connectivity index (χ0n) is 14.1. The van der Waals surface area contributed by atoms with Crippen LogP contribution in [-0.4, -0.2) is 35.0 Å². The Morgan fingerprint density at radius 3 is 2.40 bits per heavy atom. The summed E-state index contributed by atoms with van der Waals surface area (Å²) < 4.78 is 0. The average Bonchev–Trinajstić information content (AvgIpc) is 2.58. The second kappa shape index (κ2) is 7.14. The summed E-state index contributed by atoms with van der Waals surface area (Å²) in [6.45, 7) is 10.8. The molecule has 1 saturated heterocycles. The number of hydrogen-bond acceptors (Lipinski definition) is 2. The van der Waals surface area contributed by atoms with Crippen LogP contribution in [0.15, 0.2) is 12.3 Å². The number of amides is 1. The molecule has 0 N–H and O–H groups in total. The molecule has 1 aliphatic rings. The summed E-state index contributed by atoms with van der Waals surface area (Å²) in [6.07, 6.45) is 10.8. The van der Waals surface area contributed by atoms with Gasteiger partial charge in [0, 0.05) is 12.5 Å². The van der Waals surface area contributed by atoms with Crippen LogP contribution in [0, 0.1) is 5.41 Å². The van der Waals surface area contributed by atoms with Gasteiger partial charge in [0.15, 0.2) is 0 Å². The van der Waals surface area contributed by atoms with Crippen molar-refractivity contribution in [2.75, 3.05) is 7.05 Å². The summed E-state index contributed by atoms with van der Waals surface area (Å²) >= 11 is 0. The number of likely N-dealkylation sites (N-methyl/N-ethyl adjacent to an activating group) is 1. The molecule has 0 aromatic rings. The van der Waals surface area contributed by atoms with Crippen molar-refractivity contribution in [3.8, 4) is 0 Å². The third-order valence-corrected chi connectivity index (χ3v) is 4.08. The highest BCUT2D eigenvalue weighted by Gasteiger charge is 2.45. The third kappa shape index (κ3) is 4.00. The molecule has 2 atom stereocenters. The Morgan fingerprint density at radius 2 is 1.85 bits per heavy atom. The number of unbranched alkanes of at least 4 members (excludes halogenated alkanes) is 4. The largest absolute Gasteiger partial charge is 0.346 e. The van der Waals surface area contributed by atoms with Gasteiger partial charge in [0.05, 0.1) is 0 Å². The minimum Gasteiger partial charge on any atom is -0.346 e. The van der Waals surface area contributed by atoms with Crippen LogP contribution in [0.3, 0.4) is 0 Å². The minimum atomic E-state index is -0.0453. The van der Waals surface area contributed by atoms with Gasteiger partial charge in [0.25, 0.3) is 0 Å². The number of carbonyl (C=O) groups excluding carboxylic acids is 1. The van der Waals surface area contributed by atoms with E-state index in [2.05, 4.69) is 44.9 Å². The van der Waals surface area contributed by atoms with Crippen LogP contribution < -0.4 is 0 Å². The quantitative estimate of drug-likeness (QED) is 0.686. The van der Waals surface area contributed by atoms with Gasteiger partial charge in [0.2, 0.25) is 5.91 Å². The van der Waals surface area contributed by atoms with Gasteiger partial charge in [-0.1, -0.05) is 53.0 Å². The highest BCUT2D eigenvalue weighted by atomic mass is 16.2. The first-order chi connectivity index (χ1) is 9.30. The minimum absolute atomic E-state index is 0.0453. The second-order valence-electron chi connectivity index (χ2n) is 7.05. The number of hydrogen-bond donors (Lipinski definition) is 0. The summed E-state index contributed by atoms with van der Waals surface area (Å²) in [4.78, 5) is 16.3. The number of nitrogens with zero attached hydrogens (tertiary/aromatic N) is 2. The molecular weight excluding hydrogens is 248 g/mol. The highest BCUT2D eigenvalue weighted by molar-refractivity contribution is 5.84. The predicted molar refractivity (Wildman–Crippen MR) is 85.2 cm³/mol. The summed E-state index contributed by atoms with van der Waals surface area (Å²) in [7, 11) is 1.92. The molecule has 116 valence electrons. The Morgan fingerprint density at radius 1 is 1.20 bits per heavy atom. The molecule has 1 rings (SSSR count). The number of carbonyl (C=O) groups is 1. The Kier molecular flexibility index (Phi) is 6.09. The van der Waals surface area contributed by atoms with Crippen LogP contribution in [0.5, 0.6) is 0 Å². The van der Waals surface area contributed by atoms with Gasteiger partial charge in [-0.05, 0) is 26.0 Å². The Labute approximate surface area is 125 Å². The average molecular weight is 280 g/mol. The van der Waals surface area contributed by atoms with E-state index in [4.69, 9.17) is 0 Å². The first-order valence-corrected chi connectivity index (χ1v) is 8.01.